The maximum absolute atomic E-state index is 13.4. The van der Waals surface area contributed by atoms with Crippen molar-refractivity contribution in [2.24, 2.45) is 11.8 Å². The normalized spacial score (nSPS) is 27.2. The number of aliphatic carboxylic acids is 1. The predicted molar refractivity (Wildman–Crippen MR) is 142 cm³/mol. The van der Waals surface area contributed by atoms with E-state index >= 15 is 0 Å². The summed E-state index contributed by atoms with van der Waals surface area (Å²) in [6.45, 7) is 4.32. The van der Waals surface area contributed by atoms with E-state index in [1.54, 1.807) is 43.5 Å². The summed E-state index contributed by atoms with van der Waals surface area (Å²) in [6, 6.07) is 7.51. The van der Waals surface area contributed by atoms with Gasteiger partial charge >= 0.3 is 5.97 Å². The number of carbonyl (C=O) groups is 4. The number of carboxylic acids is 1. The third-order valence-electron chi connectivity index (χ3n) is 7.57. The number of nitrogens with zero attached hydrogens (tertiary/aromatic N) is 4. The van der Waals surface area contributed by atoms with Crippen LogP contribution in [-0.4, -0.2) is 84.0 Å². The van der Waals surface area contributed by atoms with Crippen LogP contribution >= 0.6 is 11.8 Å². The van der Waals surface area contributed by atoms with Gasteiger partial charge in [-0.3, -0.25) is 19.3 Å². The quantitative estimate of drug-likeness (QED) is 0.310. The van der Waals surface area contributed by atoms with E-state index in [2.05, 4.69) is 15.3 Å². The van der Waals surface area contributed by atoms with Gasteiger partial charge < -0.3 is 20.4 Å². The largest absolute Gasteiger partial charge is 0.477 e. The summed E-state index contributed by atoms with van der Waals surface area (Å²) in [5, 5.41) is 22.9. The second-order valence-electron chi connectivity index (χ2n) is 10.1. The number of carbonyl (C=O) groups excluding carboxylic acids is 3. The number of benzene rings is 1. The Balaban J connectivity index is 1.38. The van der Waals surface area contributed by atoms with Gasteiger partial charge in [0.1, 0.15) is 18.3 Å². The summed E-state index contributed by atoms with van der Waals surface area (Å²) in [6.07, 6.45) is 3.36. The number of carboxylic acid groups (broad SMARTS) is 1. The highest BCUT2D eigenvalue weighted by Gasteiger charge is 2.60. The van der Waals surface area contributed by atoms with Gasteiger partial charge in [-0.05, 0) is 31.5 Å². The zero-order chi connectivity index (χ0) is 27.8. The summed E-state index contributed by atoms with van der Waals surface area (Å²) in [4.78, 5) is 61.7. The van der Waals surface area contributed by atoms with Gasteiger partial charge in [0.2, 0.25) is 11.8 Å². The van der Waals surface area contributed by atoms with Gasteiger partial charge in [-0.1, -0.05) is 19.1 Å². The average molecular weight is 552 g/mol. The number of aliphatic hydroxyl groups is 1. The molecule has 0 radical (unpaired) electrons. The van der Waals surface area contributed by atoms with Crippen molar-refractivity contribution in [2.75, 3.05) is 11.9 Å². The second-order valence-corrected chi connectivity index (χ2v) is 11.5. The van der Waals surface area contributed by atoms with E-state index in [0.717, 1.165) is 5.69 Å². The molecule has 2 aromatic rings. The van der Waals surface area contributed by atoms with Crippen LogP contribution in [0, 0.1) is 11.8 Å². The molecule has 204 valence electrons. The molecule has 4 heterocycles. The monoisotopic (exact) mass is 551 g/mol. The Bertz CT molecular complexity index is 1330. The van der Waals surface area contributed by atoms with Gasteiger partial charge in [-0.2, -0.15) is 0 Å². The molecule has 5 rings (SSSR count). The average Bonchev–Trinajstić information content (AvgIpc) is 3.41. The Labute approximate surface area is 229 Å². The van der Waals surface area contributed by atoms with E-state index in [1.165, 1.54) is 23.0 Å². The Morgan fingerprint density at radius 1 is 1.31 bits per heavy atom. The van der Waals surface area contributed by atoms with Gasteiger partial charge in [-0.25, -0.2) is 14.8 Å². The van der Waals surface area contributed by atoms with Gasteiger partial charge in [-0.15, -0.1) is 11.8 Å². The van der Waals surface area contributed by atoms with Gasteiger partial charge in [0.05, 0.1) is 29.8 Å². The van der Waals surface area contributed by atoms with Crippen molar-refractivity contribution in [2.45, 2.75) is 50.3 Å². The molecular weight excluding hydrogens is 522 g/mol. The molecule has 3 N–H and O–H groups in total. The summed E-state index contributed by atoms with van der Waals surface area (Å²) >= 11 is 1.39. The first-order chi connectivity index (χ1) is 18.7. The molecule has 0 spiro atoms. The van der Waals surface area contributed by atoms with Crippen molar-refractivity contribution in [3.63, 3.8) is 0 Å². The van der Waals surface area contributed by atoms with Crippen molar-refractivity contribution in [3.8, 4) is 0 Å². The van der Waals surface area contributed by atoms with Crippen LogP contribution < -0.4 is 5.32 Å². The number of thioether (sulfide) groups is 1. The molecule has 12 heteroatoms. The number of hydrogen-bond donors (Lipinski definition) is 3. The molecule has 1 aromatic carbocycles. The number of likely N-dealkylation sites (tertiary alicyclic amines) is 1. The van der Waals surface area contributed by atoms with Crippen molar-refractivity contribution < 1.29 is 29.4 Å². The zero-order valence-corrected chi connectivity index (χ0v) is 22.2. The van der Waals surface area contributed by atoms with Crippen LogP contribution in [0.3, 0.4) is 0 Å². The molecule has 2 fully saturated rings. The number of nitrogens with one attached hydrogen (secondary N) is 1. The van der Waals surface area contributed by atoms with Crippen LogP contribution in [0.1, 0.15) is 36.3 Å². The van der Waals surface area contributed by atoms with Gasteiger partial charge in [0.15, 0.2) is 0 Å². The molecule has 6 atom stereocenters. The second kappa shape index (κ2) is 10.9. The Morgan fingerprint density at radius 3 is 2.77 bits per heavy atom. The fourth-order valence-corrected chi connectivity index (χ4v) is 7.34. The first-order valence-corrected chi connectivity index (χ1v) is 13.6. The lowest BCUT2D eigenvalue weighted by Gasteiger charge is -2.46. The number of aldehydes is 1. The summed E-state index contributed by atoms with van der Waals surface area (Å²) in [7, 11) is 0. The fourth-order valence-electron chi connectivity index (χ4n) is 5.79. The number of β-lactam (4-membered cyclic amide) rings is 1. The lowest BCUT2D eigenvalue weighted by molar-refractivity contribution is -0.163. The molecule has 3 aliphatic heterocycles. The molecule has 0 unspecified atom stereocenters. The highest BCUT2D eigenvalue weighted by molar-refractivity contribution is 8.03. The van der Waals surface area contributed by atoms with Crippen molar-refractivity contribution in [1.82, 2.24) is 19.8 Å². The van der Waals surface area contributed by atoms with Crippen molar-refractivity contribution >= 4 is 41.5 Å². The molecule has 2 saturated heterocycles. The van der Waals surface area contributed by atoms with Crippen LogP contribution in [0.25, 0.3) is 0 Å². The molecule has 39 heavy (non-hydrogen) atoms. The number of rotatable bonds is 9. The predicted octanol–water partition coefficient (Wildman–Crippen LogP) is 1.76. The Kier molecular flexibility index (Phi) is 7.52. The Morgan fingerprint density at radius 2 is 2.10 bits per heavy atom. The number of hydrogen-bond acceptors (Lipinski definition) is 9. The van der Waals surface area contributed by atoms with Crippen LogP contribution in [0.5, 0.6) is 0 Å². The standard InChI is InChI=1S/C27H29N5O6S/c1-14-22-21(15(2)34)26(36)32(22)23(27(37)38)24(14)39-19-9-20(31(11-19)10-18-6-7-28-13-29-18)25(35)30-17-5-3-4-16(8-17)12-33/h3-8,12-15,19-22,34H,9-11H2,1-2H3,(H,30,35)(H,37,38)/t14-,15-,19+,20+,21-,22-/m1/s1. The van der Waals surface area contributed by atoms with Crippen LogP contribution in [0.15, 0.2) is 53.5 Å². The first-order valence-electron chi connectivity index (χ1n) is 12.7. The van der Waals surface area contributed by atoms with Crippen molar-refractivity contribution in [3.05, 3.63) is 64.7 Å². The minimum atomic E-state index is -1.18. The fraction of sp³-hybridized carbons (Fsp3) is 0.407. The SMILES string of the molecule is C[C@@H](O)[C@H]1C(=O)N2C(C(=O)O)=C(S[C@H]3C[C@@H](C(=O)Nc4cccc(C=O)c4)N(Cc4ccncn4)C3)[C@H](C)[C@H]12. The number of fused-ring (bicyclic) bond motifs is 1. The molecule has 2 amide bonds. The van der Waals surface area contributed by atoms with E-state index in [0.29, 0.717) is 42.0 Å². The van der Waals surface area contributed by atoms with Crippen molar-refractivity contribution in [1.29, 1.82) is 0 Å². The lowest BCUT2D eigenvalue weighted by Crippen LogP contribution is -2.63. The number of anilines is 1. The zero-order valence-electron chi connectivity index (χ0n) is 21.4. The summed E-state index contributed by atoms with van der Waals surface area (Å²) in [5.41, 5.74) is 1.67. The molecule has 0 bridgehead atoms. The number of aliphatic hydroxyl groups excluding tert-OH is 1. The minimum Gasteiger partial charge on any atom is -0.477 e. The Hall–Kier alpha value is -3.61. The maximum Gasteiger partial charge on any atom is 0.353 e. The third-order valence-corrected chi connectivity index (χ3v) is 9.06. The van der Waals surface area contributed by atoms with Crippen LogP contribution in [0.4, 0.5) is 5.69 Å². The van der Waals surface area contributed by atoms with Gasteiger partial charge in [0.25, 0.3) is 0 Å². The van der Waals surface area contributed by atoms with E-state index in [-0.39, 0.29) is 28.7 Å². The lowest BCUT2D eigenvalue weighted by atomic mass is 9.79. The van der Waals surface area contributed by atoms with Crippen LogP contribution in [-0.2, 0) is 20.9 Å². The maximum atomic E-state index is 13.4. The summed E-state index contributed by atoms with van der Waals surface area (Å²) < 4.78 is 0. The smallest absolute Gasteiger partial charge is 0.353 e. The molecule has 11 nitrogen and oxygen atoms in total. The molecule has 1 aromatic heterocycles. The first kappa shape index (κ1) is 27.0. The molecule has 0 saturated carbocycles. The highest BCUT2D eigenvalue weighted by atomic mass is 32.2. The number of amides is 2. The van der Waals surface area contributed by atoms with E-state index < -0.39 is 30.1 Å². The van der Waals surface area contributed by atoms with E-state index in [1.807, 2.05) is 11.8 Å². The van der Waals surface area contributed by atoms with Gasteiger partial charge in [0, 0.05) is 46.6 Å². The third kappa shape index (κ3) is 5.07. The molecular formula is C27H29N5O6S. The highest BCUT2D eigenvalue weighted by Crippen LogP contribution is 2.52. The number of aromatic nitrogens is 2. The summed E-state index contributed by atoms with van der Waals surface area (Å²) in [5.74, 6) is -2.68. The van der Waals surface area contributed by atoms with E-state index in [4.69, 9.17) is 0 Å². The molecule has 3 aliphatic rings. The van der Waals surface area contributed by atoms with Crippen LogP contribution in [0.2, 0.25) is 0 Å². The topological polar surface area (TPSA) is 153 Å². The minimum absolute atomic E-state index is 0.0275. The molecule has 0 aliphatic carbocycles. The van der Waals surface area contributed by atoms with E-state index in [9.17, 15) is 29.4 Å².